The van der Waals surface area contributed by atoms with Gasteiger partial charge in [0.05, 0.1) is 0 Å². The van der Waals surface area contributed by atoms with Crippen molar-refractivity contribution in [3.8, 4) is 22.3 Å². The molecule has 128 valence electrons. The molecule has 4 rings (SSSR count). The Balaban J connectivity index is 1.51. The van der Waals surface area contributed by atoms with Crippen LogP contribution in [-0.2, 0) is 6.42 Å². The van der Waals surface area contributed by atoms with Gasteiger partial charge in [0.1, 0.15) is 0 Å². The van der Waals surface area contributed by atoms with Crippen molar-refractivity contribution in [1.29, 1.82) is 0 Å². The number of hydrogen-bond acceptors (Lipinski definition) is 1. The third-order valence-corrected chi connectivity index (χ3v) is 5.02. The molecule has 0 heterocycles. The Labute approximate surface area is 155 Å². The minimum Gasteiger partial charge on any atom is -0.399 e. The van der Waals surface area contributed by atoms with E-state index in [2.05, 4.69) is 78.9 Å². The third-order valence-electron chi connectivity index (χ3n) is 5.02. The van der Waals surface area contributed by atoms with Gasteiger partial charge in [-0.05, 0) is 58.7 Å². The lowest BCUT2D eigenvalue weighted by Gasteiger charge is -2.13. The number of rotatable bonds is 4. The largest absolute Gasteiger partial charge is 0.399 e. The molecule has 0 amide bonds. The van der Waals surface area contributed by atoms with Crippen LogP contribution in [0.3, 0.4) is 0 Å². The molecular formula is C25H23N. The van der Waals surface area contributed by atoms with Crippen molar-refractivity contribution in [2.45, 2.75) is 19.3 Å². The van der Waals surface area contributed by atoms with E-state index in [0.717, 1.165) is 25.0 Å². The highest BCUT2D eigenvalue weighted by Gasteiger charge is 2.07. The van der Waals surface area contributed by atoms with Crippen molar-refractivity contribution in [1.82, 2.24) is 0 Å². The summed E-state index contributed by atoms with van der Waals surface area (Å²) >= 11 is 0. The molecular weight excluding hydrogens is 314 g/mol. The highest BCUT2D eigenvalue weighted by atomic mass is 14.6. The van der Waals surface area contributed by atoms with Gasteiger partial charge in [0.25, 0.3) is 0 Å². The zero-order valence-corrected chi connectivity index (χ0v) is 14.9. The van der Waals surface area contributed by atoms with Crippen LogP contribution in [0, 0.1) is 0 Å². The van der Waals surface area contributed by atoms with Crippen LogP contribution in [0.25, 0.3) is 22.3 Å². The molecule has 0 aliphatic heterocycles. The number of hydrogen-bond donors (Lipinski definition) is 1. The molecule has 0 atom stereocenters. The second-order valence-electron chi connectivity index (χ2n) is 6.82. The van der Waals surface area contributed by atoms with Crippen molar-refractivity contribution in [2.75, 3.05) is 0 Å². The number of nitrogens with two attached hydrogens (primary N) is 1. The second-order valence-corrected chi connectivity index (χ2v) is 6.82. The second kappa shape index (κ2) is 7.45. The van der Waals surface area contributed by atoms with Crippen LogP contribution < -0.4 is 5.73 Å². The predicted molar refractivity (Wildman–Crippen MR) is 111 cm³/mol. The first-order valence-corrected chi connectivity index (χ1v) is 9.18. The Kier molecular flexibility index (Phi) is 4.70. The Morgan fingerprint density at radius 3 is 1.77 bits per heavy atom. The van der Waals surface area contributed by atoms with Crippen LogP contribution in [0.2, 0.25) is 0 Å². The van der Waals surface area contributed by atoms with Crippen molar-refractivity contribution in [2.24, 2.45) is 5.73 Å². The number of allylic oxidation sites excluding steroid dienone is 3. The van der Waals surface area contributed by atoms with Crippen molar-refractivity contribution in [3.05, 3.63) is 108 Å². The summed E-state index contributed by atoms with van der Waals surface area (Å²) in [5.41, 5.74) is 14.7. The fraction of sp³-hybridized carbons (Fsp3) is 0.120. The van der Waals surface area contributed by atoms with Gasteiger partial charge in [-0.1, -0.05) is 84.9 Å². The first-order valence-electron chi connectivity index (χ1n) is 9.18. The fourth-order valence-electron chi connectivity index (χ4n) is 3.47. The SMILES string of the molecule is NC1=C(Cc2ccc(-c3ccc(-c4ccccc4)cc3)cc2)CCC=C1. The molecule has 3 aromatic rings. The van der Waals surface area contributed by atoms with Crippen LogP contribution >= 0.6 is 0 Å². The first-order chi connectivity index (χ1) is 12.8. The molecule has 1 nitrogen and oxygen atoms in total. The lowest BCUT2D eigenvalue weighted by molar-refractivity contribution is 0.885. The molecule has 0 fully saturated rings. The zero-order chi connectivity index (χ0) is 17.8. The van der Waals surface area contributed by atoms with E-state index < -0.39 is 0 Å². The summed E-state index contributed by atoms with van der Waals surface area (Å²) in [5.74, 6) is 0. The molecule has 0 saturated heterocycles. The summed E-state index contributed by atoms with van der Waals surface area (Å²) in [5, 5.41) is 0. The summed E-state index contributed by atoms with van der Waals surface area (Å²) < 4.78 is 0. The molecule has 0 aromatic heterocycles. The average molecular weight is 337 g/mol. The van der Waals surface area contributed by atoms with Gasteiger partial charge >= 0.3 is 0 Å². The minimum absolute atomic E-state index is 0.942. The van der Waals surface area contributed by atoms with Crippen LogP contribution in [-0.4, -0.2) is 0 Å². The lowest BCUT2D eigenvalue weighted by Crippen LogP contribution is -2.05. The summed E-state index contributed by atoms with van der Waals surface area (Å²) in [4.78, 5) is 0. The van der Waals surface area contributed by atoms with Crippen molar-refractivity contribution < 1.29 is 0 Å². The highest BCUT2D eigenvalue weighted by Crippen LogP contribution is 2.26. The molecule has 0 spiro atoms. The van der Waals surface area contributed by atoms with E-state index in [4.69, 9.17) is 5.73 Å². The monoisotopic (exact) mass is 337 g/mol. The summed E-state index contributed by atoms with van der Waals surface area (Å²) in [6, 6.07) is 28.1. The maximum atomic E-state index is 6.10. The third kappa shape index (κ3) is 3.62. The normalized spacial score (nSPS) is 13.8. The predicted octanol–water partition coefficient (Wildman–Crippen LogP) is 6.13. The van der Waals surface area contributed by atoms with Gasteiger partial charge in [0.2, 0.25) is 0 Å². The van der Waals surface area contributed by atoms with E-state index in [9.17, 15) is 0 Å². The molecule has 26 heavy (non-hydrogen) atoms. The molecule has 2 N–H and O–H groups in total. The molecule has 1 aliphatic rings. The van der Waals surface area contributed by atoms with E-state index in [1.54, 1.807) is 0 Å². The minimum atomic E-state index is 0.942. The van der Waals surface area contributed by atoms with Gasteiger partial charge in [-0.3, -0.25) is 0 Å². The van der Waals surface area contributed by atoms with E-state index in [1.807, 2.05) is 12.1 Å². The average Bonchev–Trinajstić information content (AvgIpc) is 2.71. The van der Waals surface area contributed by atoms with Gasteiger partial charge in [-0.25, -0.2) is 0 Å². The van der Waals surface area contributed by atoms with Gasteiger partial charge < -0.3 is 5.73 Å². The van der Waals surface area contributed by atoms with E-state index in [-0.39, 0.29) is 0 Å². The van der Waals surface area contributed by atoms with Crippen LogP contribution in [0.4, 0.5) is 0 Å². The van der Waals surface area contributed by atoms with E-state index >= 15 is 0 Å². The Hall–Kier alpha value is -3.06. The van der Waals surface area contributed by atoms with Crippen LogP contribution in [0.5, 0.6) is 0 Å². The van der Waals surface area contributed by atoms with Crippen LogP contribution in [0.15, 0.2) is 102 Å². The van der Waals surface area contributed by atoms with Crippen LogP contribution in [0.1, 0.15) is 18.4 Å². The standard InChI is InChI=1S/C25H23N/c26-25-9-5-4-8-24(25)18-19-10-12-21(13-11-19)23-16-14-22(15-17-23)20-6-2-1-3-7-20/h1-3,5-7,9-17H,4,8,18,26H2. The fourth-order valence-corrected chi connectivity index (χ4v) is 3.47. The maximum Gasteiger partial charge on any atom is 0.0306 e. The molecule has 0 bridgehead atoms. The molecule has 1 aliphatic carbocycles. The number of benzene rings is 3. The summed E-state index contributed by atoms with van der Waals surface area (Å²) in [6.45, 7) is 0. The lowest BCUT2D eigenvalue weighted by atomic mass is 9.94. The molecule has 1 heteroatoms. The maximum absolute atomic E-state index is 6.10. The topological polar surface area (TPSA) is 26.0 Å². The molecule has 0 saturated carbocycles. The molecule has 0 unspecified atom stereocenters. The van der Waals surface area contributed by atoms with Gasteiger partial charge in [-0.2, -0.15) is 0 Å². The molecule has 3 aromatic carbocycles. The summed E-state index contributed by atoms with van der Waals surface area (Å²) in [6.07, 6.45) is 7.32. The van der Waals surface area contributed by atoms with Crippen molar-refractivity contribution >= 4 is 0 Å². The van der Waals surface area contributed by atoms with Gasteiger partial charge in [0, 0.05) is 5.70 Å². The molecule has 0 radical (unpaired) electrons. The first kappa shape index (κ1) is 16.4. The smallest absolute Gasteiger partial charge is 0.0306 e. The van der Waals surface area contributed by atoms with Gasteiger partial charge in [-0.15, -0.1) is 0 Å². The summed E-state index contributed by atoms with van der Waals surface area (Å²) in [7, 11) is 0. The Morgan fingerprint density at radius 2 is 1.19 bits per heavy atom. The zero-order valence-electron chi connectivity index (χ0n) is 14.9. The van der Waals surface area contributed by atoms with Crippen molar-refractivity contribution in [3.63, 3.8) is 0 Å². The van der Waals surface area contributed by atoms with E-state index in [1.165, 1.54) is 33.4 Å². The Morgan fingerprint density at radius 1 is 0.654 bits per heavy atom. The Bertz CT molecular complexity index is 930. The highest BCUT2D eigenvalue weighted by molar-refractivity contribution is 5.70. The quantitative estimate of drug-likeness (QED) is 0.609. The van der Waals surface area contributed by atoms with E-state index in [0.29, 0.717) is 0 Å². The van der Waals surface area contributed by atoms with Gasteiger partial charge in [0.15, 0.2) is 0 Å².